The zero-order valence-electron chi connectivity index (χ0n) is 10.1. The van der Waals surface area contributed by atoms with Crippen LogP contribution in [-0.2, 0) is 12.8 Å². The third-order valence-corrected chi connectivity index (χ3v) is 4.84. The first-order valence-corrected chi connectivity index (χ1v) is 7.65. The van der Waals surface area contributed by atoms with Crippen LogP contribution in [0.5, 0.6) is 0 Å². The van der Waals surface area contributed by atoms with E-state index >= 15 is 0 Å². The zero-order chi connectivity index (χ0) is 13.4. The molecule has 0 radical (unpaired) electrons. The number of rotatable bonds is 2. The molecule has 1 aliphatic carbocycles. The third-order valence-electron chi connectivity index (χ3n) is 3.39. The Bertz CT molecular complexity index is 628. The minimum Gasteiger partial charge on any atom is -0.382 e. The minimum atomic E-state index is 0.418. The molecular formula is C15H12BrCl2N. The van der Waals surface area contributed by atoms with Crippen molar-refractivity contribution in [2.75, 3.05) is 5.32 Å². The molecule has 3 rings (SSSR count). The van der Waals surface area contributed by atoms with Crippen molar-refractivity contribution in [2.24, 2.45) is 0 Å². The molecule has 1 nitrogen and oxygen atoms in total. The summed E-state index contributed by atoms with van der Waals surface area (Å²) in [4.78, 5) is 0. The van der Waals surface area contributed by atoms with E-state index in [4.69, 9.17) is 23.2 Å². The van der Waals surface area contributed by atoms with Crippen LogP contribution in [0.4, 0.5) is 5.69 Å². The van der Waals surface area contributed by atoms with Crippen LogP contribution < -0.4 is 5.32 Å². The molecule has 2 aromatic rings. The van der Waals surface area contributed by atoms with Gasteiger partial charge in [0.1, 0.15) is 0 Å². The van der Waals surface area contributed by atoms with Gasteiger partial charge in [-0.15, -0.1) is 0 Å². The predicted molar refractivity (Wildman–Crippen MR) is 85.4 cm³/mol. The van der Waals surface area contributed by atoms with E-state index in [-0.39, 0.29) is 0 Å². The van der Waals surface area contributed by atoms with Crippen molar-refractivity contribution in [2.45, 2.75) is 18.9 Å². The van der Waals surface area contributed by atoms with Crippen molar-refractivity contribution in [3.8, 4) is 0 Å². The van der Waals surface area contributed by atoms with Crippen molar-refractivity contribution in [1.82, 2.24) is 0 Å². The summed E-state index contributed by atoms with van der Waals surface area (Å²) in [6.07, 6.45) is 2.04. The zero-order valence-corrected chi connectivity index (χ0v) is 13.2. The highest BCUT2D eigenvalue weighted by molar-refractivity contribution is 9.10. The maximum Gasteiger partial charge on any atom is 0.0549 e. The van der Waals surface area contributed by atoms with E-state index < -0.39 is 0 Å². The van der Waals surface area contributed by atoms with Crippen molar-refractivity contribution in [3.05, 3.63) is 62.0 Å². The first-order chi connectivity index (χ1) is 9.11. The van der Waals surface area contributed by atoms with Crippen molar-refractivity contribution < 1.29 is 0 Å². The van der Waals surface area contributed by atoms with Crippen LogP contribution in [0.25, 0.3) is 0 Å². The lowest BCUT2D eigenvalue weighted by Crippen LogP contribution is -2.19. The Balaban J connectivity index is 1.75. The number of hydrogen-bond donors (Lipinski definition) is 1. The second-order valence-electron chi connectivity index (χ2n) is 4.79. The Morgan fingerprint density at radius 2 is 1.79 bits per heavy atom. The van der Waals surface area contributed by atoms with Crippen LogP contribution in [0.3, 0.4) is 0 Å². The average molecular weight is 357 g/mol. The van der Waals surface area contributed by atoms with Crippen LogP contribution in [0.2, 0.25) is 10.0 Å². The highest BCUT2D eigenvalue weighted by Crippen LogP contribution is 2.29. The first kappa shape index (κ1) is 13.3. The van der Waals surface area contributed by atoms with Gasteiger partial charge in [-0.05, 0) is 70.2 Å². The number of fused-ring (bicyclic) bond motifs is 1. The van der Waals surface area contributed by atoms with Gasteiger partial charge in [-0.2, -0.15) is 0 Å². The maximum absolute atomic E-state index is 6.03. The molecular weight excluding hydrogens is 345 g/mol. The van der Waals surface area contributed by atoms with Crippen molar-refractivity contribution >= 4 is 44.8 Å². The predicted octanol–water partition coefficient (Wildman–Crippen LogP) is 5.34. The quantitative estimate of drug-likeness (QED) is 0.766. The molecule has 0 heterocycles. The second-order valence-corrected chi connectivity index (χ2v) is 6.49. The second kappa shape index (κ2) is 5.35. The third kappa shape index (κ3) is 2.91. The number of halogens is 3. The molecule has 0 spiro atoms. The Hall–Kier alpha value is -0.700. The first-order valence-electron chi connectivity index (χ1n) is 6.11. The highest BCUT2D eigenvalue weighted by atomic mass is 79.9. The fraction of sp³-hybridized carbons (Fsp3) is 0.200. The van der Waals surface area contributed by atoms with Gasteiger partial charge in [0.25, 0.3) is 0 Å². The van der Waals surface area contributed by atoms with E-state index in [9.17, 15) is 0 Å². The van der Waals surface area contributed by atoms with Crippen LogP contribution in [0, 0.1) is 0 Å². The summed E-state index contributed by atoms with van der Waals surface area (Å²) in [7, 11) is 0. The minimum absolute atomic E-state index is 0.418. The Morgan fingerprint density at radius 1 is 1.00 bits per heavy atom. The number of nitrogens with one attached hydrogen (secondary N) is 1. The van der Waals surface area contributed by atoms with Crippen molar-refractivity contribution in [3.63, 3.8) is 0 Å². The normalized spacial score (nSPS) is 17.3. The van der Waals surface area contributed by atoms with E-state index in [1.165, 1.54) is 11.1 Å². The van der Waals surface area contributed by atoms with Gasteiger partial charge in [-0.3, -0.25) is 0 Å². The monoisotopic (exact) mass is 355 g/mol. The standard InChI is InChI=1S/C15H12BrCl2N/c16-14-8-12(3-4-15(14)18)19-13-6-9-1-2-11(17)5-10(9)7-13/h1-5,8,13,19H,6-7H2. The van der Waals surface area contributed by atoms with Gasteiger partial charge < -0.3 is 5.32 Å². The summed E-state index contributed by atoms with van der Waals surface area (Å²) in [5.74, 6) is 0. The molecule has 0 saturated heterocycles. The summed E-state index contributed by atoms with van der Waals surface area (Å²) < 4.78 is 0.915. The summed E-state index contributed by atoms with van der Waals surface area (Å²) in [6.45, 7) is 0. The fourth-order valence-electron chi connectivity index (χ4n) is 2.51. The smallest absolute Gasteiger partial charge is 0.0549 e. The molecule has 2 aromatic carbocycles. The molecule has 1 atom stereocenters. The average Bonchev–Trinajstić information content (AvgIpc) is 2.75. The summed E-state index contributed by atoms with van der Waals surface area (Å²) in [5, 5.41) is 5.09. The molecule has 1 N–H and O–H groups in total. The van der Waals surface area contributed by atoms with E-state index in [1.807, 2.05) is 24.3 Å². The molecule has 0 aliphatic heterocycles. The lowest BCUT2D eigenvalue weighted by Gasteiger charge is -2.14. The van der Waals surface area contributed by atoms with Crippen LogP contribution in [0.15, 0.2) is 40.9 Å². The van der Waals surface area contributed by atoms with Crippen molar-refractivity contribution in [1.29, 1.82) is 0 Å². The number of benzene rings is 2. The summed E-state index contributed by atoms with van der Waals surface area (Å²) >= 11 is 15.5. The lowest BCUT2D eigenvalue weighted by molar-refractivity contribution is 0.774. The molecule has 0 bridgehead atoms. The number of anilines is 1. The van der Waals surface area contributed by atoms with Crippen LogP contribution in [0.1, 0.15) is 11.1 Å². The van der Waals surface area contributed by atoms with Gasteiger partial charge in [-0.25, -0.2) is 0 Å². The molecule has 98 valence electrons. The molecule has 0 saturated carbocycles. The Kier molecular flexibility index (Phi) is 3.75. The molecule has 19 heavy (non-hydrogen) atoms. The largest absolute Gasteiger partial charge is 0.382 e. The van der Waals surface area contributed by atoms with E-state index in [0.29, 0.717) is 6.04 Å². The van der Waals surface area contributed by atoms with E-state index in [2.05, 4.69) is 33.4 Å². The van der Waals surface area contributed by atoms with E-state index in [0.717, 1.165) is 33.0 Å². The highest BCUT2D eigenvalue weighted by Gasteiger charge is 2.21. The van der Waals surface area contributed by atoms with Crippen LogP contribution in [-0.4, -0.2) is 6.04 Å². The van der Waals surface area contributed by atoms with Gasteiger partial charge >= 0.3 is 0 Å². The maximum atomic E-state index is 6.03. The molecule has 1 aliphatic rings. The van der Waals surface area contributed by atoms with Gasteiger partial charge in [0.2, 0.25) is 0 Å². The van der Waals surface area contributed by atoms with E-state index in [1.54, 1.807) is 0 Å². The van der Waals surface area contributed by atoms with Crippen LogP contribution >= 0.6 is 39.1 Å². The number of hydrogen-bond acceptors (Lipinski definition) is 1. The molecule has 0 aromatic heterocycles. The Morgan fingerprint density at radius 3 is 2.58 bits per heavy atom. The SMILES string of the molecule is Clc1ccc2c(c1)CC(Nc1ccc(Cl)c(Br)c1)C2. The fourth-order valence-corrected chi connectivity index (χ4v) is 3.20. The van der Waals surface area contributed by atoms with Gasteiger partial charge in [-0.1, -0.05) is 29.3 Å². The molecule has 1 unspecified atom stereocenters. The summed E-state index contributed by atoms with van der Waals surface area (Å²) in [6, 6.07) is 12.5. The molecule has 4 heteroatoms. The van der Waals surface area contributed by atoms with Gasteiger partial charge in [0.05, 0.1) is 5.02 Å². The Labute approximate surface area is 131 Å². The summed E-state index contributed by atoms with van der Waals surface area (Å²) in [5.41, 5.74) is 3.81. The topological polar surface area (TPSA) is 12.0 Å². The van der Waals surface area contributed by atoms with Gasteiger partial charge in [0, 0.05) is 21.2 Å². The molecule has 0 amide bonds. The van der Waals surface area contributed by atoms with Gasteiger partial charge in [0.15, 0.2) is 0 Å². The molecule has 0 fully saturated rings. The lowest BCUT2D eigenvalue weighted by atomic mass is 10.1.